The number of amides is 2. The molecule has 0 fully saturated rings. The van der Waals surface area contributed by atoms with Gasteiger partial charge in [-0.15, -0.1) is 0 Å². The lowest BCUT2D eigenvalue weighted by Crippen LogP contribution is -2.29. The predicted molar refractivity (Wildman–Crippen MR) is 146 cm³/mol. The van der Waals surface area contributed by atoms with Gasteiger partial charge in [-0.1, -0.05) is 84.9 Å². The summed E-state index contributed by atoms with van der Waals surface area (Å²) in [7, 11) is 1.76. The largest absolute Gasteiger partial charge is 0.352 e. The molecule has 5 nitrogen and oxygen atoms in total. The van der Waals surface area contributed by atoms with Crippen LogP contribution in [0.2, 0.25) is 0 Å². The van der Waals surface area contributed by atoms with Gasteiger partial charge in [0.05, 0.1) is 0 Å². The first-order valence-corrected chi connectivity index (χ1v) is 12.4. The maximum Gasteiger partial charge on any atom is 0.253 e. The van der Waals surface area contributed by atoms with Gasteiger partial charge in [-0.25, -0.2) is 0 Å². The average molecular weight is 491 g/mol. The molecule has 5 heteroatoms. The van der Waals surface area contributed by atoms with Crippen molar-refractivity contribution in [1.29, 1.82) is 0 Å². The van der Waals surface area contributed by atoms with E-state index in [1.165, 1.54) is 0 Å². The van der Waals surface area contributed by atoms with Crippen LogP contribution in [-0.4, -0.2) is 42.6 Å². The van der Waals surface area contributed by atoms with Crippen LogP contribution in [0.25, 0.3) is 0 Å². The van der Waals surface area contributed by atoms with Crippen LogP contribution in [0.3, 0.4) is 0 Å². The van der Waals surface area contributed by atoms with E-state index >= 15 is 0 Å². The summed E-state index contributed by atoms with van der Waals surface area (Å²) in [4.78, 5) is 40.5. The van der Waals surface area contributed by atoms with Gasteiger partial charge in [0.15, 0.2) is 5.78 Å². The van der Waals surface area contributed by atoms with Gasteiger partial charge in [0.1, 0.15) is 0 Å². The third-order valence-electron chi connectivity index (χ3n) is 6.23. The van der Waals surface area contributed by atoms with E-state index in [2.05, 4.69) is 5.32 Å². The van der Waals surface area contributed by atoms with E-state index in [-0.39, 0.29) is 17.6 Å². The van der Waals surface area contributed by atoms with Crippen molar-refractivity contribution in [1.82, 2.24) is 10.2 Å². The van der Waals surface area contributed by atoms with Gasteiger partial charge in [0, 0.05) is 42.4 Å². The summed E-state index contributed by atoms with van der Waals surface area (Å²) in [6.07, 6.45) is 1.48. The highest BCUT2D eigenvalue weighted by Crippen LogP contribution is 2.15. The van der Waals surface area contributed by atoms with Crippen LogP contribution < -0.4 is 5.32 Å². The normalized spacial score (nSPS) is 10.5. The fraction of sp³-hybridized carbons (Fsp3) is 0.156. The number of rotatable bonds is 10. The Morgan fingerprint density at radius 3 is 1.76 bits per heavy atom. The van der Waals surface area contributed by atoms with Crippen LogP contribution in [-0.2, 0) is 12.8 Å². The highest BCUT2D eigenvalue weighted by molar-refractivity contribution is 6.11. The Balaban J connectivity index is 1.39. The summed E-state index contributed by atoms with van der Waals surface area (Å²) in [5.41, 5.74) is 3.99. The smallest absolute Gasteiger partial charge is 0.253 e. The van der Waals surface area contributed by atoms with E-state index < -0.39 is 0 Å². The number of carbonyl (C=O) groups excluding carboxylic acids is 3. The molecule has 0 saturated heterocycles. The van der Waals surface area contributed by atoms with E-state index in [1.807, 2.05) is 60.7 Å². The molecule has 0 aliphatic heterocycles. The molecule has 4 aromatic carbocycles. The third kappa shape index (κ3) is 7.01. The second-order valence-corrected chi connectivity index (χ2v) is 8.94. The van der Waals surface area contributed by atoms with E-state index in [0.29, 0.717) is 35.3 Å². The van der Waals surface area contributed by atoms with Gasteiger partial charge in [0.2, 0.25) is 0 Å². The van der Waals surface area contributed by atoms with E-state index in [9.17, 15) is 14.4 Å². The molecule has 0 heterocycles. The zero-order valence-electron chi connectivity index (χ0n) is 20.9. The maximum absolute atomic E-state index is 13.2. The van der Waals surface area contributed by atoms with Crippen molar-refractivity contribution in [2.75, 3.05) is 20.1 Å². The van der Waals surface area contributed by atoms with Gasteiger partial charge < -0.3 is 10.2 Å². The van der Waals surface area contributed by atoms with Crippen molar-refractivity contribution in [2.45, 2.75) is 12.8 Å². The van der Waals surface area contributed by atoms with Gasteiger partial charge in [0.25, 0.3) is 11.8 Å². The SMILES string of the molecule is CN(CCc1ccccc1)C(=O)c1cccc(C(=O)c2cccc(C(=O)NCCc3ccccc3)c2)c1. The molecule has 1 N–H and O–H groups in total. The molecule has 4 aromatic rings. The second kappa shape index (κ2) is 12.5. The quantitative estimate of drug-likeness (QED) is 0.311. The van der Waals surface area contributed by atoms with Crippen LogP contribution in [0.5, 0.6) is 0 Å². The number of benzene rings is 4. The number of likely N-dealkylation sites (N-methyl/N-ethyl adjacent to an activating group) is 1. The van der Waals surface area contributed by atoms with E-state index in [0.717, 1.165) is 24.0 Å². The van der Waals surface area contributed by atoms with Gasteiger partial charge in [-0.05, 0) is 48.2 Å². The van der Waals surface area contributed by atoms with Gasteiger partial charge >= 0.3 is 0 Å². The lowest BCUT2D eigenvalue weighted by molar-refractivity contribution is 0.0796. The van der Waals surface area contributed by atoms with Crippen molar-refractivity contribution in [2.24, 2.45) is 0 Å². The fourth-order valence-electron chi connectivity index (χ4n) is 4.09. The first-order valence-electron chi connectivity index (χ1n) is 12.4. The Morgan fingerprint density at radius 2 is 1.14 bits per heavy atom. The monoisotopic (exact) mass is 490 g/mol. The van der Waals surface area contributed by atoms with E-state index in [1.54, 1.807) is 60.5 Å². The number of carbonyl (C=O) groups is 3. The summed E-state index contributed by atoms with van der Waals surface area (Å²) in [5.74, 6) is -0.604. The molecule has 4 rings (SSSR count). The zero-order chi connectivity index (χ0) is 26.0. The first kappa shape index (κ1) is 25.6. The van der Waals surface area contributed by atoms with Crippen LogP contribution in [0.4, 0.5) is 0 Å². The predicted octanol–water partition coefficient (Wildman–Crippen LogP) is 5.20. The molecule has 0 aromatic heterocycles. The van der Waals surface area contributed by atoms with Crippen LogP contribution >= 0.6 is 0 Å². The Bertz CT molecular complexity index is 1370. The fourth-order valence-corrected chi connectivity index (χ4v) is 4.09. The molecule has 0 aliphatic rings. The highest BCUT2D eigenvalue weighted by Gasteiger charge is 2.16. The number of hydrogen-bond acceptors (Lipinski definition) is 3. The Labute approximate surface area is 217 Å². The Kier molecular flexibility index (Phi) is 8.61. The molecule has 0 atom stereocenters. The molecule has 37 heavy (non-hydrogen) atoms. The summed E-state index contributed by atoms with van der Waals surface area (Å²) >= 11 is 0. The topological polar surface area (TPSA) is 66.5 Å². The molecule has 0 radical (unpaired) electrons. The standard InChI is InChI=1S/C32H30N2O3/c1-34(21-19-25-12-6-3-7-13-25)32(37)29-17-9-15-27(23-29)30(35)26-14-8-16-28(22-26)31(36)33-20-18-24-10-4-2-5-11-24/h2-17,22-23H,18-21H2,1H3,(H,33,36). The molecule has 0 saturated carbocycles. The summed E-state index contributed by atoms with van der Waals surface area (Å²) in [6, 6.07) is 33.4. The minimum Gasteiger partial charge on any atom is -0.352 e. The average Bonchev–Trinajstić information content (AvgIpc) is 2.96. The maximum atomic E-state index is 13.2. The third-order valence-corrected chi connectivity index (χ3v) is 6.23. The molecule has 0 spiro atoms. The Morgan fingerprint density at radius 1 is 0.622 bits per heavy atom. The van der Waals surface area contributed by atoms with Crippen molar-refractivity contribution < 1.29 is 14.4 Å². The molecule has 0 bridgehead atoms. The molecular weight excluding hydrogens is 460 g/mol. The van der Waals surface area contributed by atoms with Crippen LogP contribution in [0, 0.1) is 0 Å². The number of nitrogens with zero attached hydrogens (tertiary/aromatic N) is 1. The lowest BCUT2D eigenvalue weighted by Gasteiger charge is -2.17. The highest BCUT2D eigenvalue weighted by atomic mass is 16.2. The second-order valence-electron chi connectivity index (χ2n) is 8.94. The molecule has 2 amide bonds. The Hall–Kier alpha value is -4.51. The van der Waals surface area contributed by atoms with Crippen molar-refractivity contribution in [3.63, 3.8) is 0 Å². The van der Waals surface area contributed by atoms with Gasteiger partial charge in [-0.2, -0.15) is 0 Å². The minimum atomic E-state index is -0.236. The molecule has 0 aliphatic carbocycles. The number of nitrogens with one attached hydrogen (secondary N) is 1. The van der Waals surface area contributed by atoms with Crippen molar-refractivity contribution >= 4 is 17.6 Å². The number of hydrogen-bond donors (Lipinski definition) is 1. The van der Waals surface area contributed by atoms with Crippen LogP contribution in [0.1, 0.15) is 47.8 Å². The summed E-state index contributed by atoms with van der Waals surface area (Å²) in [5, 5.41) is 2.91. The number of ketones is 1. The molecule has 186 valence electrons. The van der Waals surface area contributed by atoms with E-state index in [4.69, 9.17) is 0 Å². The summed E-state index contributed by atoms with van der Waals surface area (Å²) in [6.45, 7) is 1.07. The van der Waals surface area contributed by atoms with Crippen molar-refractivity contribution in [3.8, 4) is 0 Å². The van der Waals surface area contributed by atoms with Crippen LogP contribution in [0.15, 0.2) is 109 Å². The lowest BCUT2D eigenvalue weighted by atomic mass is 9.99. The molecule has 0 unspecified atom stereocenters. The molecular formula is C32H30N2O3. The summed E-state index contributed by atoms with van der Waals surface area (Å²) < 4.78 is 0. The first-order chi connectivity index (χ1) is 18.0. The zero-order valence-corrected chi connectivity index (χ0v) is 20.9. The minimum absolute atomic E-state index is 0.142. The van der Waals surface area contributed by atoms with Crippen molar-refractivity contribution in [3.05, 3.63) is 143 Å². The van der Waals surface area contributed by atoms with Gasteiger partial charge in [-0.3, -0.25) is 14.4 Å².